The summed E-state index contributed by atoms with van der Waals surface area (Å²) < 4.78 is 44.4. The molecule has 2 aliphatic heterocycles. The number of rotatable bonds is 6. The molecule has 0 spiro atoms. The first-order valence-electron chi connectivity index (χ1n) is 12.9. The molecular weight excluding hydrogens is 552 g/mol. The summed E-state index contributed by atoms with van der Waals surface area (Å²) in [6.07, 6.45) is 0. The summed E-state index contributed by atoms with van der Waals surface area (Å²) in [6.45, 7) is 9.04. The highest BCUT2D eigenvalue weighted by molar-refractivity contribution is 7.79. The highest BCUT2D eigenvalue weighted by atomic mass is 32.3. The fraction of sp³-hybridized carbons (Fsp3) is 0.462. The van der Waals surface area contributed by atoms with Gasteiger partial charge in [0, 0.05) is 75.8 Å². The summed E-state index contributed by atoms with van der Waals surface area (Å²) in [6, 6.07) is 16.3. The van der Waals surface area contributed by atoms with Gasteiger partial charge in [0.15, 0.2) is 11.9 Å². The smallest absolute Gasteiger partial charge is 0.188 e. The molecular formula is C26H40N8O6S-2. The molecule has 2 heterocycles. The minimum Gasteiger partial charge on any atom is -0.759 e. The van der Waals surface area contributed by atoms with Crippen LogP contribution in [0.1, 0.15) is 11.1 Å². The lowest BCUT2D eigenvalue weighted by Crippen LogP contribution is -2.50. The Kier molecular flexibility index (Phi) is 13.6. The molecule has 2 fully saturated rings. The van der Waals surface area contributed by atoms with Crippen molar-refractivity contribution in [3.8, 4) is 11.5 Å². The van der Waals surface area contributed by atoms with Crippen LogP contribution >= 0.6 is 0 Å². The molecule has 0 unspecified atom stereocenters. The Hall–Kier alpha value is -3.63. The van der Waals surface area contributed by atoms with Crippen LogP contribution in [0.4, 0.5) is 0 Å². The number of guanidine groups is 2. The third-order valence-electron chi connectivity index (χ3n) is 6.56. The monoisotopic (exact) mass is 592 g/mol. The molecule has 2 aliphatic rings. The molecule has 2 aromatic rings. The Morgan fingerprint density at radius 3 is 1.17 bits per heavy atom. The third kappa shape index (κ3) is 13.5. The van der Waals surface area contributed by atoms with Crippen molar-refractivity contribution in [3.05, 3.63) is 59.7 Å². The Bertz CT molecular complexity index is 1090. The summed E-state index contributed by atoms with van der Waals surface area (Å²) in [4.78, 5) is 8.57. The van der Waals surface area contributed by atoms with Crippen molar-refractivity contribution in [1.29, 1.82) is 10.8 Å². The van der Waals surface area contributed by atoms with Gasteiger partial charge < -0.3 is 39.8 Å². The first-order chi connectivity index (χ1) is 19.4. The van der Waals surface area contributed by atoms with E-state index >= 15 is 0 Å². The van der Waals surface area contributed by atoms with E-state index in [9.17, 15) is 0 Å². The molecule has 228 valence electrons. The van der Waals surface area contributed by atoms with Crippen LogP contribution < -0.4 is 20.9 Å². The SMILES string of the molecule is COc1ccc(CN2CCN(C(=N)N)CC2)cc1.COc1ccc(CN2CCN(C(=N)N)CC2)cc1.O=S(=O)([O-])[O-]. The van der Waals surface area contributed by atoms with Gasteiger partial charge in [-0.25, -0.2) is 0 Å². The second kappa shape index (κ2) is 16.6. The molecule has 0 saturated carbocycles. The van der Waals surface area contributed by atoms with E-state index in [1.54, 1.807) is 14.2 Å². The topological polar surface area (TPSA) is 211 Å². The van der Waals surface area contributed by atoms with Gasteiger partial charge in [0.25, 0.3) is 0 Å². The van der Waals surface area contributed by atoms with Crippen molar-refractivity contribution in [3.63, 3.8) is 0 Å². The first kappa shape index (κ1) is 33.6. The number of nitrogens with zero attached hydrogens (tertiary/aromatic N) is 4. The summed E-state index contributed by atoms with van der Waals surface area (Å²) in [5.41, 5.74) is 13.5. The number of nitrogens with one attached hydrogen (secondary N) is 2. The Balaban J connectivity index is 0.000000247. The largest absolute Gasteiger partial charge is 0.759 e. The normalized spacial score (nSPS) is 16.0. The van der Waals surface area contributed by atoms with Gasteiger partial charge in [-0.1, -0.05) is 24.3 Å². The van der Waals surface area contributed by atoms with Crippen LogP contribution in [0.15, 0.2) is 48.5 Å². The Morgan fingerprint density at radius 2 is 0.951 bits per heavy atom. The molecule has 0 aromatic heterocycles. The number of ether oxygens (including phenoxy) is 2. The molecule has 4 rings (SSSR count). The van der Waals surface area contributed by atoms with Gasteiger partial charge in [-0.3, -0.25) is 29.0 Å². The van der Waals surface area contributed by atoms with Gasteiger partial charge in [0.05, 0.1) is 14.2 Å². The van der Waals surface area contributed by atoms with Gasteiger partial charge in [-0.15, -0.1) is 0 Å². The molecule has 2 saturated heterocycles. The maximum atomic E-state index is 8.52. The van der Waals surface area contributed by atoms with Crippen LogP contribution in [0.2, 0.25) is 0 Å². The summed E-state index contributed by atoms with van der Waals surface area (Å²) in [5.74, 6) is 2.14. The van der Waals surface area contributed by atoms with Crippen LogP contribution in [0.5, 0.6) is 11.5 Å². The lowest BCUT2D eigenvalue weighted by atomic mass is 10.2. The van der Waals surface area contributed by atoms with E-state index in [4.69, 9.17) is 49.3 Å². The van der Waals surface area contributed by atoms with Crippen LogP contribution in [0.25, 0.3) is 0 Å². The fourth-order valence-electron chi connectivity index (χ4n) is 4.27. The molecule has 0 amide bonds. The average Bonchev–Trinajstić information content (AvgIpc) is 2.94. The lowest BCUT2D eigenvalue weighted by molar-refractivity contribution is 0.174. The van der Waals surface area contributed by atoms with Crippen molar-refractivity contribution in [2.45, 2.75) is 13.1 Å². The first-order valence-corrected chi connectivity index (χ1v) is 14.3. The van der Waals surface area contributed by atoms with Crippen molar-refractivity contribution in [2.24, 2.45) is 11.5 Å². The van der Waals surface area contributed by atoms with E-state index in [1.807, 2.05) is 34.1 Å². The number of hydrogen-bond acceptors (Lipinski definition) is 10. The highest BCUT2D eigenvalue weighted by Gasteiger charge is 2.18. The predicted molar refractivity (Wildman–Crippen MR) is 154 cm³/mol. The van der Waals surface area contributed by atoms with Crippen LogP contribution in [-0.4, -0.2) is 116 Å². The van der Waals surface area contributed by atoms with Crippen molar-refractivity contribution in [2.75, 3.05) is 66.6 Å². The molecule has 6 N–H and O–H groups in total. The van der Waals surface area contributed by atoms with E-state index in [-0.39, 0.29) is 11.9 Å². The standard InChI is InChI=1S/2C13H20N4O.H2O4S/c2*1-18-12-4-2-11(3-5-12)10-16-6-8-17(9-7-16)13(14)15;1-5(2,3)4/h2*2-5H,6-10H2,1H3,(H3,14,15);(H2,1,2,3,4)/p-2. The number of piperazine rings is 2. The molecule has 14 nitrogen and oxygen atoms in total. The third-order valence-corrected chi connectivity index (χ3v) is 6.56. The van der Waals surface area contributed by atoms with Gasteiger partial charge >= 0.3 is 0 Å². The lowest BCUT2D eigenvalue weighted by Gasteiger charge is -2.34. The molecule has 0 atom stereocenters. The Morgan fingerprint density at radius 1 is 0.683 bits per heavy atom. The molecule has 0 aliphatic carbocycles. The summed E-state index contributed by atoms with van der Waals surface area (Å²) in [7, 11) is -1.81. The van der Waals surface area contributed by atoms with Crippen molar-refractivity contribution in [1.82, 2.24) is 19.6 Å². The average molecular weight is 593 g/mol. The zero-order valence-corrected chi connectivity index (χ0v) is 24.3. The molecule has 41 heavy (non-hydrogen) atoms. The molecule has 2 aromatic carbocycles. The summed E-state index contributed by atoms with van der Waals surface area (Å²) in [5, 5.41) is 14.8. The fourth-order valence-corrected chi connectivity index (χ4v) is 4.27. The van der Waals surface area contributed by atoms with Gasteiger partial charge in [-0.05, 0) is 35.4 Å². The second-order valence-electron chi connectivity index (χ2n) is 9.40. The quantitative estimate of drug-likeness (QED) is 0.152. The zero-order valence-electron chi connectivity index (χ0n) is 23.5. The summed E-state index contributed by atoms with van der Waals surface area (Å²) >= 11 is 0. The zero-order chi connectivity index (χ0) is 30.4. The van der Waals surface area contributed by atoms with E-state index in [1.165, 1.54) is 11.1 Å². The number of benzene rings is 2. The molecule has 15 heteroatoms. The number of hydrogen-bond donors (Lipinski definition) is 4. The number of methoxy groups -OCH3 is 2. The van der Waals surface area contributed by atoms with E-state index in [0.29, 0.717) is 0 Å². The van der Waals surface area contributed by atoms with Gasteiger partial charge in [0.2, 0.25) is 0 Å². The molecule has 0 radical (unpaired) electrons. The van der Waals surface area contributed by atoms with E-state index in [2.05, 4.69) is 34.1 Å². The van der Waals surface area contributed by atoms with E-state index < -0.39 is 10.4 Å². The minimum atomic E-state index is -5.17. The van der Waals surface area contributed by atoms with Crippen LogP contribution in [-0.2, 0) is 23.5 Å². The van der Waals surface area contributed by atoms with Gasteiger partial charge in [-0.2, -0.15) is 0 Å². The minimum absolute atomic E-state index is 0.180. The van der Waals surface area contributed by atoms with Crippen molar-refractivity contribution >= 4 is 22.3 Å². The van der Waals surface area contributed by atoms with Crippen molar-refractivity contribution < 1.29 is 27.0 Å². The maximum Gasteiger partial charge on any atom is 0.188 e. The highest BCUT2D eigenvalue weighted by Crippen LogP contribution is 2.15. The molecule has 0 bridgehead atoms. The van der Waals surface area contributed by atoms with Gasteiger partial charge in [0.1, 0.15) is 11.5 Å². The van der Waals surface area contributed by atoms with Crippen LogP contribution in [0.3, 0.4) is 0 Å². The second-order valence-corrected chi connectivity index (χ2v) is 10.2. The Labute approximate surface area is 242 Å². The van der Waals surface area contributed by atoms with E-state index in [0.717, 1.165) is 76.9 Å². The van der Waals surface area contributed by atoms with Crippen LogP contribution in [0, 0.1) is 10.8 Å². The number of nitrogens with two attached hydrogens (primary N) is 2. The predicted octanol–water partition coefficient (Wildman–Crippen LogP) is 0.0745. The maximum absolute atomic E-state index is 8.52.